The third kappa shape index (κ3) is 3.23. The van der Waals surface area contributed by atoms with Gasteiger partial charge in [-0.25, -0.2) is 8.78 Å². The molecule has 0 N–H and O–H groups in total. The summed E-state index contributed by atoms with van der Waals surface area (Å²) in [4.78, 5) is 0. The van der Waals surface area contributed by atoms with Gasteiger partial charge in [0, 0.05) is 0 Å². The molecule has 1 atom stereocenters. The molecule has 0 aliphatic carbocycles. The predicted molar refractivity (Wildman–Crippen MR) is 46.4 cm³/mol. The highest BCUT2D eigenvalue weighted by Gasteiger charge is 2.85. The second-order valence-electron chi connectivity index (χ2n) is 3.75. The van der Waals surface area contributed by atoms with E-state index in [1.807, 2.05) is 0 Å². The minimum absolute atomic E-state index is 0.0817. The molecule has 0 aliphatic heterocycles. The lowest BCUT2D eigenvalue weighted by Gasteiger charge is -2.33. The summed E-state index contributed by atoms with van der Waals surface area (Å²) >= 11 is 0. The number of rotatable bonds is 6. The van der Waals surface area contributed by atoms with E-state index >= 15 is 0 Å². The lowest BCUT2D eigenvalue weighted by Crippen LogP contribution is -2.63. The maximum Gasteiger partial charge on any atom is 0.460 e. The molecule has 0 bridgehead atoms. The van der Waals surface area contributed by atoms with Gasteiger partial charge in [-0.1, -0.05) is 0 Å². The summed E-state index contributed by atoms with van der Waals surface area (Å²) in [7, 11) is -7.25. The van der Waals surface area contributed by atoms with Crippen LogP contribution >= 0.6 is 0 Å². The molecule has 22 heavy (non-hydrogen) atoms. The minimum atomic E-state index is -7.51. The predicted octanol–water partition coefficient (Wildman–Crippen LogP) is 3.41. The molecule has 0 rings (SSSR count). The normalized spacial score (nSPS) is 17.0. The van der Waals surface area contributed by atoms with Crippen molar-refractivity contribution in [2.45, 2.75) is 42.7 Å². The van der Waals surface area contributed by atoms with Crippen LogP contribution in [-0.2, 0) is 14.3 Å². The molecule has 0 spiro atoms. The molecule has 0 fully saturated rings. The van der Waals surface area contributed by atoms with Crippen molar-refractivity contribution >= 4 is 10.1 Å². The van der Waals surface area contributed by atoms with E-state index < -0.39 is 45.9 Å². The van der Waals surface area contributed by atoms with Crippen molar-refractivity contribution in [2.75, 3.05) is 0 Å². The molecule has 0 aromatic heterocycles. The Morgan fingerprint density at radius 2 is 1.18 bits per heavy atom. The molecular weight excluding hydrogens is 373 g/mol. The van der Waals surface area contributed by atoms with Gasteiger partial charge in [-0.05, 0) is 6.92 Å². The van der Waals surface area contributed by atoms with Crippen LogP contribution in [0.1, 0.15) is 6.92 Å². The zero-order valence-corrected chi connectivity index (χ0v) is 10.8. The summed E-state index contributed by atoms with van der Waals surface area (Å²) in [5.74, 6) is -15.0. The van der Waals surface area contributed by atoms with E-state index in [0.29, 0.717) is 0 Å². The maximum atomic E-state index is 12.9. The van der Waals surface area contributed by atoms with Crippen LogP contribution in [-0.4, -0.2) is 44.2 Å². The number of halogens is 11. The standard InChI is InChI=1S/C7H5F11O3S/c1-2(3(8)9)21-22(19,20)7(17,18)5(12,13)4(10,11)6(14,15)16/h2-3H,1H3. The second kappa shape index (κ2) is 5.65. The number of hydrogen-bond acceptors (Lipinski definition) is 3. The van der Waals surface area contributed by atoms with Gasteiger partial charge in [0.1, 0.15) is 6.10 Å². The fourth-order valence-electron chi connectivity index (χ4n) is 0.820. The first-order valence-electron chi connectivity index (χ1n) is 4.74. The number of alkyl halides is 11. The topological polar surface area (TPSA) is 43.4 Å². The third-order valence-electron chi connectivity index (χ3n) is 2.06. The average molecular weight is 378 g/mol. The molecule has 1 unspecified atom stereocenters. The van der Waals surface area contributed by atoms with Crippen LogP contribution < -0.4 is 0 Å². The highest BCUT2D eigenvalue weighted by atomic mass is 32.2. The Bertz CT molecular complexity index is 494. The fourth-order valence-corrected chi connectivity index (χ4v) is 1.87. The molecule has 0 saturated heterocycles. The molecule has 0 aromatic rings. The van der Waals surface area contributed by atoms with E-state index in [1.54, 1.807) is 0 Å². The molecule has 0 amide bonds. The summed E-state index contributed by atoms with van der Waals surface area (Å²) in [6, 6.07) is 0. The van der Waals surface area contributed by atoms with Crippen molar-refractivity contribution < 1.29 is 60.9 Å². The molecular formula is C7H5F11O3S. The van der Waals surface area contributed by atoms with Gasteiger partial charge in [-0.2, -0.15) is 47.9 Å². The Morgan fingerprint density at radius 3 is 1.45 bits per heavy atom. The quantitative estimate of drug-likeness (QED) is 0.526. The van der Waals surface area contributed by atoms with Crippen LogP contribution in [0.4, 0.5) is 48.3 Å². The summed E-state index contributed by atoms with van der Waals surface area (Å²) in [5, 5.41) is -7.14. The number of hydrogen-bond donors (Lipinski definition) is 0. The van der Waals surface area contributed by atoms with Gasteiger partial charge >= 0.3 is 33.4 Å². The Labute approximate surface area is 115 Å². The first-order chi connectivity index (χ1) is 9.33. The van der Waals surface area contributed by atoms with Gasteiger partial charge in [0.15, 0.2) is 0 Å². The van der Waals surface area contributed by atoms with Gasteiger partial charge in [-0.15, -0.1) is 0 Å². The van der Waals surface area contributed by atoms with E-state index in [0.717, 1.165) is 0 Å². The van der Waals surface area contributed by atoms with Gasteiger partial charge in [0.05, 0.1) is 0 Å². The van der Waals surface area contributed by atoms with Crippen molar-refractivity contribution in [2.24, 2.45) is 0 Å². The fraction of sp³-hybridized carbons (Fsp3) is 1.00. The van der Waals surface area contributed by atoms with Crippen LogP contribution in [0.5, 0.6) is 0 Å². The molecule has 0 heterocycles. The maximum absolute atomic E-state index is 12.9. The van der Waals surface area contributed by atoms with E-state index in [-0.39, 0.29) is 6.92 Å². The summed E-state index contributed by atoms with van der Waals surface area (Å²) < 4.78 is 159. The summed E-state index contributed by atoms with van der Waals surface area (Å²) in [5.41, 5.74) is 0. The zero-order valence-electron chi connectivity index (χ0n) is 9.95. The molecule has 15 heteroatoms. The molecule has 0 aromatic carbocycles. The Balaban J connectivity index is 5.91. The highest BCUT2D eigenvalue weighted by molar-refractivity contribution is 7.87. The Hall–Kier alpha value is -0.860. The van der Waals surface area contributed by atoms with Crippen molar-refractivity contribution in [3.63, 3.8) is 0 Å². The van der Waals surface area contributed by atoms with Gasteiger partial charge in [0.2, 0.25) is 0 Å². The van der Waals surface area contributed by atoms with E-state index in [1.165, 1.54) is 0 Å². The lowest BCUT2D eigenvalue weighted by atomic mass is 10.1. The molecule has 134 valence electrons. The Morgan fingerprint density at radius 1 is 0.818 bits per heavy atom. The average Bonchev–Trinajstić information content (AvgIpc) is 2.25. The monoisotopic (exact) mass is 378 g/mol. The SMILES string of the molecule is CC(OS(=O)(=O)C(F)(F)C(F)(F)C(F)(F)C(F)(F)F)C(F)F. The van der Waals surface area contributed by atoms with Crippen LogP contribution in [0, 0.1) is 0 Å². The highest BCUT2D eigenvalue weighted by Crippen LogP contribution is 2.55. The molecule has 0 saturated carbocycles. The smallest absolute Gasteiger partial charge is 0.256 e. The largest absolute Gasteiger partial charge is 0.460 e. The van der Waals surface area contributed by atoms with Crippen molar-refractivity contribution in [3.05, 3.63) is 0 Å². The van der Waals surface area contributed by atoms with Crippen LogP contribution in [0.25, 0.3) is 0 Å². The zero-order chi connectivity index (χ0) is 18.4. The Kier molecular flexibility index (Phi) is 5.43. The molecule has 0 radical (unpaired) electrons. The summed E-state index contributed by atoms with van der Waals surface area (Å²) in [6.07, 6.45) is -14.1. The van der Waals surface area contributed by atoms with Gasteiger partial charge < -0.3 is 0 Å². The first kappa shape index (κ1) is 21.1. The third-order valence-corrected chi connectivity index (χ3v) is 3.50. The molecule has 0 aliphatic rings. The van der Waals surface area contributed by atoms with Gasteiger partial charge in [-0.3, -0.25) is 4.18 Å². The van der Waals surface area contributed by atoms with Crippen LogP contribution in [0.15, 0.2) is 0 Å². The lowest BCUT2D eigenvalue weighted by molar-refractivity contribution is -0.383. The van der Waals surface area contributed by atoms with Crippen molar-refractivity contribution in [3.8, 4) is 0 Å². The first-order valence-corrected chi connectivity index (χ1v) is 6.15. The van der Waals surface area contributed by atoms with Crippen LogP contribution in [0.2, 0.25) is 0 Å². The van der Waals surface area contributed by atoms with Crippen molar-refractivity contribution in [1.29, 1.82) is 0 Å². The van der Waals surface area contributed by atoms with Crippen LogP contribution in [0.3, 0.4) is 0 Å². The van der Waals surface area contributed by atoms with E-state index in [4.69, 9.17) is 0 Å². The minimum Gasteiger partial charge on any atom is -0.256 e. The van der Waals surface area contributed by atoms with E-state index in [2.05, 4.69) is 4.18 Å². The second-order valence-corrected chi connectivity index (χ2v) is 5.37. The van der Waals surface area contributed by atoms with Crippen molar-refractivity contribution in [1.82, 2.24) is 0 Å². The molecule has 3 nitrogen and oxygen atoms in total. The van der Waals surface area contributed by atoms with Gasteiger partial charge in [0.25, 0.3) is 6.43 Å². The summed E-state index contributed by atoms with van der Waals surface area (Å²) in [6.45, 7) is 0.0817. The van der Waals surface area contributed by atoms with E-state index in [9.17, 15) is 56.7 Å².